The Morgan fingerprint density at radius 2 is 2.07 bits per heavy atom. The van der Waals surface area contributed by atoms with Gasteiger partial charge in [-0.25, -0.2) is 0 Å². The lowest BCUT2D eigenvalue weighted by atomic mass is 9.74. The number of nitrogens with zero attached hydrogens (tertiary/aromatic N) is 1. The highest BCUT2D eigenvalue weighted by Crippen LogP contribution is 2.31. The summed E-state index contributed by atoms with van der Waals surface area (Å²) in [5, 5.41) is 0. The second kappa shape index (κ2) is 5.64. The van der Waals surface area contributed by atoms with E-state index in [0.29, 0.717) is 17.6 Å². The highest BCUT2D eigenvalue weighted by atomic mass is 16.1. The number of rotatable bonds is 4. The molecule has 0 N–H and O–H groups in total. The van der Waals surface area contributed by atoms with Crippen LogP contribution in [-0.4, -0.2) is 30.8 Å². The number of carbonyl (C=O) groups is 1. The zero-order valence-corrected chi connectivity index (χ0v) is 10.6. The van der Waals surface area contributed by atoms with Gasteiger partial charge in [0.1, 0.15) is 5.78 Å². The first kappa shape index (κ1) is 12.7. The summed E-state index contributed by atoms with van der Waals surface area (Å²) in [6, 6.07) is 0. The fourth-order valence-corrected chi connectivity index (χ4v) is 2.78. The summed E-state index contributed by atoms with van der Waals surface area (Å²) >= 11 is 0. The summed E-state index contributed by atoms with van der Waals surface area (Å²) in [4.78, 5) is 14.2. The van der Waals surface area contributed by atoms with Gasteiger partial charge in [0.2, 0.25) is 0 Å². The Morgan fingerprint density at radius 3 is 2.60 bits per heavy atom. The summed E-state index contributed by atoms with van der Waals surface area (Å²) in [6.45, 7) is 8.68. The Morgan fingerprint density at radius 1 is 1.40 bits per heavy atom. The van der Waals surface area contributed by atoms with E-state index in [1.165, 1.54) is 12.8 Å². The third kappa shape index (κ3) is 3.60. The number of Topliss-reactive ketones (excluding diaryl/α,β-unsaturated/α-hetero) is 1. The van der Waals surface area contributed by atoms with Gasteiger partial charge in [0, 0.05) is 18.9 Å². The highest BCUT2D eigenvalue weighted by Gasteiger charge is 2.32. The fraction of sp³-hybridized carbons (Fsp3) is 0.923. The van der Waals surface area contributed by atoms with Crippen molar-refractivity contribution in [2.45, 2.75) is 40.0 Å². The highest BCUT2D eigenvalue weighted by molar-refractivity contribution is 5.82. The first-order valence-corrected chi connectivity index (χ1v) is 6.25. The largest absolute Gasteiger partial charge is 0.306 e. The molecule has 0 aromatic carbocycles. The van der Waals surface area contributed by atoms with E-state index in [4.69, 9.17) is 0 Å². The van der Waals surface area contributed by atoms with E-state index >= 15 is 0 Å². The zero-order chi connectivity index (χ0) is 11.4. The molecular formula is C13H25NO. The van der Waals surface area contributed by atoms with Gasteiger partial charge >= 0.3 is 0 Å². The SMILES string of the molecule is CCCN(C)CC1C(=O)CC(C)CC1C. The van der Waals surface area contributed by atoms with E-state index in [-0.39, 0.29) is 5.92 Å². The lowest BCUT2D eigenvalue weighted by Gasteiger charge is -2.33. The number of hydrogen-bond donors (Lipinski definition) is 0. The normalized spacial score (nSPS) is 32.3. The maximum absolute atomic E-state index is 11.9. The Labute approximate surface area is 94.0 Å². The van der Waals surface area contributed by atoms with Crippen LogP contribution in [0.3, 0.4) is 0 Å². The van der Waals surface area contributed by atoms with Crippen molar-refractivity contribution in [2.75, 3.05) is 20.1 Å². The van der Waals surface area contributed by atoms with Crippen molar-refractivity contribution in [1.29, 1.82) is 0 Å². The van der Waals surface area contributed by atoms with Gasteiger partial charge in [0.15, 0.2) is 0 Å². The quantitative estimate of drug-likeness (QED) is 0.712. The van der Waals surface area contributed by atoms with Crippen molar-refractivity contribution < 1.29 is 4.79 Å². The molecule has 15 heavy (non-hydrogen) atoms. The van der Waals surface area contributed by atoms with Gasteiger partial charge in [0.25, 0.3) is 0 Å². The van der Waals surface area contributed by atoms with Crippen LogP contribution in [0, 0.1) is 17.8 Å². The van der Waals surface area contributed by atoms with Gasteiger partial charge in [-0.15, -0.1) is 0 Å². The molecule has 3 atom stereocenters. The molecule has 0 radical (unpaired) electrons. The standard InChI is InChI=1S/C13H25NO/c1-5-6-14(4)9-12-11(3)7-10(2)8-13(12)15/h10-12H,5-9H2,1-4H3. The summed E-state index contributed by atoms with van der Waals surface area (Å²) in [5.74, 6) is 1.95. The van der Waals surface area contributed by atoms with Gasteiger partial charge in [0.05, 0.1) is 0 Å². The van der Waals surface area contributed by atoms with Crippen LogP contribution in [0.15, 0.2) is 0 Å². The summed E-state index contributed by atoms with van der Waals surface area (Å²) in [6.07, 6.45) is 3.19. The molecule has 0 aromatic heterocycles. The van der Waals surface area contributed by atoms with Gasteiger partial charge in [-0.05, 0) is 38.3 Å². The molecule has 2 nitrogen and oxygen atoms in total. The number of hydrogen-bond acceptors (Lipinski definition) is 2. The molecule has 2 heteroatoms. The van der Waals surface area contributed by atoms with Crippen molar-refractivity contribution >= 4 is 5.78 Å². The smallest absolute Gasteiger partial charge is 0.137 e. The Kier molecular flexibility index (Phi) is 4.78. The van der Waals surface area contributed by atoms with Crippen molar-refractivity contribution in [3.05, 3.63) is 0 Å². The Hall–Kier alpha value is -0.370. The molecule has 1 aliphatic rings. The molecule has 0 amide bonds. The van der Waals surface area contributed by atoms with Crippen molar-refractivity contribution in [3.63, 3.8) is 0 Å². The van der Waals surface area contributed by atoms with Crippen LogP contribution in [0.1, 0.15) is 40.0 Å². The van der Waals surface area contributed by atoms with Gasteiger partial charge < -0.3 is 4.90 Å². The van der Waals surface area contributed by atoms with E-state index in [9.17, 15) is 4.79 Å². The minimum absolute atomic E-state index is 0.290. The topological polar surface area (TPSA) is 20.3 Å². The molecule has 0 aromatic rings. The van der Waals surface area contributed by atoms with E-state index in [1.54, 1.807) is 0 Å². The van der Waals surface area contributed by atoms with Crippen molar-refractivity contribution in [3.8, 4) is 0 Å². The zero-order valence-electron chi connectivity index (χ0n) is 10.6. The molecule has 1 saturated carbocycles. The van der Waals surface area contributed by atoms with E-state index in [2.05, 4.69) is 32.7 Å². The Bertz CT molecular complexity index is 215. The summed E-state index contributed by atoms with van der Waals surface area (Å²) in [7, 11) is 2.13. The first-order valence-electron chi connectivity index (χ1n) is 6.25. The van der Waals surface area contributed by atoms with Crippen molar-refractivity contribution in [2.24, 2.45) is 17.8 Å². The average molecular weight is 211 g/mol. The predicted molar refractivity (Wildman–Crippen MR) is 63.8 cm³/mol. The van der Waals surface area contributed by atoms with Gasteiger partial charge in [-0.2, -0.15) is 0 Å². The van der Waals surface area contributed by atoms with Gasteiger partial charge in [-0.3, -0.25) is 4.79 Å². The average Bonchev–Trinajstić information content (AvgIpc) is 2.11. The van der Waals surface area contributed by atoms with E-state index in [0.717, 1.165) is 19.5 Å². The molecule has 1 rings (SSSR count). The molecule has 1 aliphatic carbocycles. The molecular weight excluding hydrogens is 186 g/mol. The van der Waals surface area contributed by atoms with Crippen LogP contribution in [0.2, 0.25) is 0 Å². The lowest BCUT2D eigenvalue weighted by molar-refractivity contribution is -0.128. The maximum atomic E-state index is 11.9. The molecule has 1 fully saturated rings. The minimum Gasteiger partial charge on any atom is -0.306 e. The van der Waals surface area contributed by atoms with E-state index in [1.807, 2.05) is 0 Å². The monoisotopic (exact) mass is 211 g/mol. The fourth-order valence-electron chi connectivity index (χ4n) is 2.78. The van der Waals surface area contributed by atoms with Crippen LogP contribution in [0.5, 0.6) is 0 Å². The third-order valence-electron chi connectivity index (χ3n) is 3.54. The number of ketones is 1. The van der Waals surface area contributed by atoms with Crippen LogP contribution >= 0.6 is 0 Å². The van der Waals surface area contributed by atoms with Crippen molar-refractivity contribution in [1.82, 2.24) is 4.90 Å². The van der Waals surface area contributed by atoms with Gasteiger partial charge in [-0.1, -0.05) is 20.8 Å². The number of carbonyl (C=O) groups excluding carboxylic acids is 1. The van der Waals surface area contributed by atoms with Crippen LogP contribution in [0.25, 0.3) is 0 Å². The van der Waals surface area contributed by atoms with E-state index < -0.39 is 0 Å². The molecule has 3 unspecified atom stereocenters. The van der Waals surface area contributed by atoms with Crippen LogP contribution < -0.4 is 0 Å². The molecule has 88 valence electrons. The molecule has 0 bridgehead atoms. The maximum Gasteiger partial charge on any atom is 0.137 e. The molecule has 0 saturated heterocycles. The molecule has 0 heterocycles. The summed E-state index contributed by atoms with van der Waals surface area (Å²) in [5.41, 5.74) is 0. The third-order valence-corrected chi connectivity index (χ3v) is 3.54. The molecule has 0 spiro atoms. The first-order chi connectivity index (χ1) is 7.04. The Balaban J connectivity index is 2.49. The van der Waals surface area contributed by atoms with Crippen LogP contribution in [-0.2, 0) is 4.79 Å². The second-order valence-electron chi connectivity index (χ2n) is 5.36. The predicted octanol–water partition coefficient (Wildman–Crippen LogP) is 2.58. The minimum atomic E-state index is 0.290. The summed E-state index contributed by atoms with van der Waals surface area (Å²) < 4.78 is 0. The van der Waals surface area contributed by atoms with Crippen LogP contribution in [0.4, 0.5) is 0 Å². The lowest BCUT2D eigenvalue weighted by Crippen LogP contribution is -2.39. The molecule has 0 aliphatic heterocycles. The second-order valence-corrected chi connectivity index (χ2v) is 5.36.